The Hall–Kier alpha value is -3.57. The highest BCUT2D eigenvalue weighted by Crippen LogP contribution is 2.71. The van der Waals surface area contributed by atoms with Gasteiger partial charge in [0.15, 0.2) is 5.69 Å². The number of hydrogen-bond donors (Lipinski definition) is 0. The fourth-order valence-corrected chi connectivity index (χ4v) is 5.28. The average Bonchev–Trinajstić information content (AvgIpc) is 3.14. The van der Waals surface area contributed by atoms with Crippen LogP contribution in [0.5, 0.6) is 5.88 Å². The van der Waals surface area contributed by atoms with Gasteiger partial charge in [-0.15, -0.1) is 0 Å². The number of rotatable bonds is 4. The van der Waals surface area contributed by atoms with Crippen LogP contribution in [0.1, 0.15) is 28.9 Å². The molecular formula is C21H16F4N6O2. The van der Waals surface area contributed by atoms with E-state index in [1.54, 1.807) is 4.90 Å². The molecule has 1 aromatic carbocycles. The number of ether oxygens (including phenoxy) is 1. The summed E-state index contributed by atoms with van der Waals surface area (Å²) in [5.41, 5.74) is -0.684. The predicted octanol–water partition coefficient (Wildman–Crippen LogP) is 2.90. The molecule has 0 bridgehead atoms. The fourth-order valence-electron chi connectivity index (χ4n) is 5.28. The molecule has 4 atom stereocenters. The SMILES string of the molecule is O=C(c1cc(F)ccc1-n1nccn1)N1CC2CC23CC(Oc2cnc(C(F)(F)F)cn2)C13. The Bertz CT molecular complexity index is 1230. The quantitative estimate of drug-likeness (QED) is 0.557. The maximum atomic E-state index is 14.0. The van der Waals surface area contributed by atoms with Gasteiger partial charge in [0.2, 0.25) is 5.88 Å². The average molecular weight is 460 g/mol. The molecule has 0 N–H and O–H groups in total. The summed E-state index contributed by atoms with van der Waals surface area (Å²) in [5, 5.41) is 8.09. The smallest absolute Gasteiger partial charge is 0.434 e. The van der Waals surface area contributed by atoms with E-state index >= 15 is 0 Å². The Labute approximate surface area is 184 Å². The normalized spacial score (nSPS) is 27.5. The third-order valence-corrected chi connectivity index (χ3v) is 6.83. The van der Waals surface area contributed by atoms with Crippen molar-refractivity contribution in [3.8, 4) is 11.6 Å². The minimum absolute atomic E-state index is 0.0356. The molecule has 33 heavy (non-hydrogen) atoms. The standard InChI is InChI=1S/C21H16F4N6O2/c22-12-1-2-14(31-28-3-4-29-31)13(5-12)19(32)30-10-11-6-20(11)7-15(18(20)30)33-17-9-26-16(8-27-17)21(23,24)25/h1-5,8-9,11,15,18H,6-7,10H2. The molecule has 1 saturated heterocycles. The van der Waals surface area contributed by atoms with Crippen LogP contribution in [0.4, 0.5) is 17.6 Å². The van der Waals surface area contributed by atoms with Crippen molar-refractivity contribution < 1.29 is 27.1 Å². The summed E-state index contributed by atoms with van der Waals surface area (Å²) >= 11 is 0. The monoisotopic (exact) mass is 460 g/mol. The third kappa shape index (κ3) is 3.07. The zero-order valence-corrected chi connectivity index (χ0v) is 16.9. The van der Waals surface area contributed by atoms with Gasteiger partial charge in [0.1, 0.15) is 11.9 Å². The summed E-state index contributed by atoms with van der Waals surface area (Å²) in [6.45, 7) is 0.505. The van der Waals surface area contributed by atoms with Crippen LogP contribution in [-0.4, -0.2) is 54.5 Å². The minimum atomic E-state index is -4.59. The number of aromatic nitrogens is 5. The second-order valence-electron chi connectivity index (χ2n) is 8.61. The van der Waals surface area contributed by atoms with Crippen molar-refractivity contribution >= 4 is 5.91 Å². The second kappa shape index (κ2) is 6.72. The molecule has 0 radical (unpaired) electrons. The number of alkyl halides is 3. The van der Waals surface area contributed by atoms with Gasteiger partial charge in [-0.05, 0) is 37.0 Å². The summed E-state index contributed by atoms with van der Waals surface area (Å²) in [6, 6.07) is 3.56. The van der Waals surface area contributed by atoms with Crippen molar-refractivity contribution in [1.29, 1.82) is 0 Å². The van der Waals surface area contributed by atoms with Gasteiger partial charge in [0, 0.05) is 12.0 Å². The molecule has 2 aliphatic carbocycles. The Kier molecular flexibility index (Phi) is 4.08. The van der Waals surface area contributed by atoms with Gasteiger partial charge in [0.25, 0.3) is 5.91 Å². The van der Waals surface area contributed by atoms with E-state index in [9.17, 15) is 22.4 Å². The van der Waals surface area contributed by atoms with Gasteiger partial charge >= 0.3 is 6.18 Å². The molecule has 3 fully saturated rings. The van der Waals surface area contributed by atoms with Crippen molar-refractivity contribution in [3.63, 3.8) is 0 Å². The Morgan fingerprint density at radius 3 is 2.61 bits per heavy atom. The minimum Gasteiger partial charge on any atom is -0.471 e. The number of benzene rings is 1. The van der Waals surface area contributed by atoms with Crippen LogP contribution < -0.4 is 4.74 Å². The number of nitrogens with zero attached hydrogens (tertiary/aromatic N) is 6. The molecule has 1 amide bonds. The largest absolute Gasteiger partial charge is 0.471 e. The predicted molar refractivity (Wildman–Crippen MR) is 103 cm³/mol. The molecule has 1 aliphatic heterocycles. The Morgan fingerprint density at radius 2 is 1.91 bits per heavy atom. The first-order chi connectivity index (χ1) is 15.8. The molecule has 3 aromatic rings. The number of likely N-dealkylation sites (tertiary alicyclic amines) is 1. The van der Waals surface area contributed by atoms with Crippen LogP contribution in [-0.2, 0) is 6.18 Å². The summed E-state index contributed by atoms with van der Waals surface area (Å²) in [7, 11) is 0. The van der Waals surface area contributed by atoms with Gasteiger partial charge in [-0.3, -0.25) is 4.79 Å². The van der Waals surface area contributed by atoms with Crippen molar-refractivity contribution in [2.24, 2.45) is 11.3 Å². The van der Waals surface area contributed by atoms with Crippen LogP contribution in [0.15, 0.2) is 43.0 Å². The molecular weight excluding hydrogens is 444 g/mol. The highest BCUT2D eigenvalue weighted by atomic mass is 19.4. The van der Waals surface area contributed by atoms with Crippen LogP contribution >= 0.6 is 0 Å². The number of amides is 1. The van der Waals surface area contributed by atoms with E-state index in [-0.39, 0.29) is 28.8 Å². The van der Waals surface area contributed by atoms with E-state index < -0.39 is 23.8 Å². The van der Waals surface area contributed by atoms with Gasteiger partial charge in [0.05, 0.1) is 42.1 Å². The highest BCUT2D eigenvalue weighted by Gasteiger charge is 2.76. The summed E-state index contributed by atoms with van der Waals surface area (Å²) < 4.78 is 58.1. The molecule has 8 nitrogen and oxygen atoms in total. The Balaban J connectivity index is 1.26. The first-order valence-corrected chi connectivity index (χ1v) is 10.3. The van der Waals surface area contributed by atoms with Crippen LogP contribution in [0, 0.1) is 17.2 Å². The molecule has 3 aliphatic rings. The van der Waals surface area contributed by atoms with Crippen LogP contribution in [0.25, 0.3) is 5.69 Å². The summed E-state index contributed by atoms with van der Waals surface area (Å²) in [4.78, 5) is 23.5. The zero-order chi connectivity index (χ0) is 23.0. The molecule has 3 heterocycles. The van der Waals surface area contributed by atoms with E-state index in [1.165, 1.54) is 29.3 Å². The fraction of sp³-hybridized carbons (Fsp3) is 0.381. The van der Waals surface area contributed by atoms with E-state index in [2.05, 4.69) is 20.2 Å². The molecule has 12 heteroatoms. The molecule has 4 unspecified atom stereocenters. The highest BCUT2D eigenvalue weighted by molar-refractivity contribution is 5.98. The number of hydrogen-bond acceptors (Lipinski definition) is 6. The lowest BCUT2D eigenvalue weighted by Crippen LogP contribution is -2.59. The van der Waals surface area contributed by atoms with Gasteiger partial charge in [-0.1, -0.05) is 0 Å². The topological polar surface area (TPSA) is 86.0 Å². The van der Waals surface area contributed by atoms with Crippen molar-refractivity contribution in [2.45, 2.75) is 31.2 Å². The molecule has 2 saturated carbocycles. The lowest BCUT2D eigenvalue weighted by Gasteiger charge is -2.46. The summed E-state index contributed by atoms with van der Waals surface area (Å²) in [5.74, 6) is -0.642. The van der Waals surface area contributed by atoms with Crippen molar-refractivity contribution in [3.05, 3.63) is 60.1 Å². The van der Waals surface area contributed by atoms with Gasteiger partial charge < -0.3 is 9.64 Å². The van der Waals surface area contributed by atoms with Gasteiger partial charge in [-0.2, -0.15) is 28.2 Å². The van der Waals surface area contributed by atoms with E-state index in [1.807, 2.05) is 0 Å². The van der Waals surface area contributed by atoms with Crippen molar-refractivity contribution in [1.82, 2.24) is 29.9 Å². The van der Waals surface area contributed by atoms with Crippen LogP contribution in [0.2, 0.25) is 0 Å². The maximum absolute atomic E-state index is 14.0. The number of carbonyl (C=O) groups excluding carboxylic acids is 1. The lowest BCUT2D eigenvalue weighted by molar-refractivity contribution is -0.141. The van der Waals surface area contributed by atoms with E-state index in [0.29, 0.717) is 30.8 Å². The summed E-state index contributed by atoms with van der Waals surface area (Å²) in [6.07, 6.45) is 1.07. The van der Waals surface area contributed by atoms with E-state index in [4.69, 9.17) is 4.74 Å². The molecule has 170 valence electrons. The number of carbonyl (C=O) groups is 1. The van der Waals surface area contributed by atoms with Crippen molar-refractivity contribution in [2.75, 3.05) is 6.54 Å². The third-order valence-electron chi connectivity index (χ3n) is 6.83. The second-order valence-corrected chi connectivity index (χ2v) is 8.61. The van der Waals surface area contributed by atoms with Crippen LogP contribution in [0.3, 0.4) is 0 Å². The van der Waals surface area contributed by atoms with Gasteiger partial charge in [-0.25, -0.2) is 14.4 Å². The molecule has 1 spiro atoms. The van der Waals surface area contributed by atoms with E-state index in [0.717, 1.165) is 18.7 Å². The zero-order valence-electron chi connectivity index (χ0n) is 16.9. The first-order valence-electron chi connectivity index (χ1n) is 10.3. The number of piperidine rings is 1. The Morgan fingerprint density at radius 1 is 1.12 bits per heavy atom. The molecule has 2 aromatic heterocycles. The molecule has 6 rings (SSSR count). The maximum Gasteiger partial charge on any atom is 0.434 e. The lowest BCUT2D eigenvalue weighted by atomic mass is 9.73. The number of halogens is 4. The first kappa shape index (κ1) is 20.1.